The number of nitriles is 1. The maximum absolute atomic E-state index is 9.89. The van der Waals surface area contributed by atoms with Gasteiger partial charge in [-0.05, 0) is 127 Å². The minimum Gasteiger partial charge on any atom is -0.500 e. The fourth-order valence-electron chi connectivity index (χ4n) is 6.90. The molecule has 0 aliphatic rings. The Morgan fingerprint density at radius 3 is 1.75 bits per heavy atom. The maximum Gasteiger partial charge on any atom is 3.00 e. The van der Waals surface area contributed by atoms with E-state index in [-0.39, 0.29) is 76.3 Å². The number of benzene rings is 5. The molecule has 64 heavy (non-hydrogen) atoms. The van der Waals surface area contributed by atoms with Crippen LogP contribution in [0.2, 0.25) is 0 Å². The van der Waals surface area contributed by atoms with Crippen LogP contribution in [0.4, 0.5) is 0 Å². The third kappa shape index (κ3) is 9.39. The average molecular weight is 1030 g/mol. The predicted molar refractivity (Wildman–Crippen MR) is 254 cm³/mol. The Kier molecular flexibility index (Phi) is 7.30. The molecule has 0 amide bonds. The van der Waals surface area contributed by atoms with Crippen molar-refractivity contribution in [3.05, 3.63) is 207 Å². The summed E-state index contributed by atoms with van der Waals surface area (Å²) in [5.41, 5.74) is -7.25. The number of hydrogen-bond donors (Lipinski definition) is 0. The van der Waals surface area contributed by atoms with Crippen LogP contribution in [-0.4, -0.2) is 15.0 Å². The zero-order valence-electron chi connectivity index (χ0n) is 57.1. The summed E-state index contributed by atoms with van der Waals surface area (Å²) in [5, 5.41) is 10.3. The number of pyridine rings is 3. The fourth-order valence-corrected chi connectivity index (χ4v) is 6.90. The second kappa shape index (κ2) is 19.5. The first-order valence-corrected chi connectivity index (χ1v) is 19.6. The number of hydrogen-bond acceptors (Lipinski definition) is 5. The van der Waals surface area contributed by atoms with E-state index in [1.54, 1.807) is 42.5 Å². The van der Waals surface area contributed by atoms with Gasteiger partial charge in [0.05, 0.1) is 18.6 Å². The van der Waals surface area contributed by atoms with Crippen LogP contribution in [0.1, 0.15) is 112 Å². The summed E-state index contributed by atoms with van der Waals surface area (Å²) >= 11 is 0. The topological polar surface area (TPSA) is 75.6 Å². The van der Waals surface area contributed by atoms with Crippen LogP contribution < -0.4 is 0 Å². The van der Waals surface area contributed by atoms with Crippen LogP contribution in [-0.2, 0) is 58.3 Å². The molecule has 4 heterocycles. The van der Waals surface area contributed by atoms with Crippen molar-refractivity contribution in [1.29, 1.82) is 5.26 Å². The van der Waals surface area contributed by atoms with Gasteiger partial charge in [-0.25, -0.2) is 0 Å². The van der Waals surface area contributed by atoms with Crippen molar-refractivity contribution in [3.63, 3.8) is 0 Å². The molecule has 9 rings (SSSR count). The van der Waals surface area contributed by atoms with Gasteiger partial charge in [0.1, 0.15) is 5.58 Å². The summed E-state index contributed by atoms with van der Waals surface area (Å²) in [6.45, 7) is -6.50. The summed E-state index contributed by atoms with van der Waals surface area (Å²) in [7, 11) is 0. The first-order chi connectivity index (χ1) is 39.6. The summed E-state index contributed by atoms with van der Waals surface area (Å²) in [6.07, 6.45) is -18.6. The van der Waals surface area contributed by atoms with Gasteiger partial charge in [0.15, 0.2) is 0 Å². The van der Waals surface area contributed by atoms with Crippen LogP contribution >= 0.6 is 0 Å². The van der Waals surface area contributed by atoms with Gasteiger partial charge in [-0.1, -0.05) is 78.4 Å². The third-order valence-electron chi connectivity index (χ3n) is 10.1. The Bertz CT molecular complexity index is 4020. The van der Waals surface area contributed by atoms with Crippen molar-refractivity contribution >= 4 is 21.9 Å². The molecule has 5 aromatic carbocycles. The summed E-state index contributed by atoms with van der Waals surface area (Å²) in [4.78, 5) is 13.0. The maximum atomic E-state index is 9.89. The predicted octanol–water partition coefficient (Wildman–Crippen LogP) is 13.4. The molecule has 316 valence electrons. The standard InChI is InChI=1S/C58H49N4O.Ir/c1-37(2)53-32-56(52-18-12-17-50-51-26-25-46(33-59)40(5)57(51)63-58(50)52)62-36-49(53)24-21-43-30-41(19-22-47-34-60-54(27-38(47)3)44-13-8-6-9-14-44)29-42(31-43)20-23-48-35-61-55(28-39(48)4)45-15-10-7-11-16-45;/h6-13,15,17,25-32,34-37H,19-24H2,1-5H3;/q-3;+3/i3D3,4D3,5D3,19D2,20D2,21D2,22D2,23D2,24D2,25D,37D;. The van der Waals surface area contributed by atoms with E-state index in [1.165, 1.54) is 50.2 Å². The molecule has 0 aliphatic carbocycles. The number of nitrogens with zero attached hydrogens (tertiary/aromatic N) is 4. The van der Waals surface area contributed by atoms with Crippen molar-refractivity contribution in [3.8, 4) is 39.8 Å². The normalized spacial score (nSPS) is 18.7. The van der Waals surface area contributed by atoms with E-state index in [4.69, 9.17) is 18.1 Å². The molecule has 0 saturated heterocycles. The Balaban J connectivity index is 0.00000982. The van der Waals surface area contributed by atoms with Crippen LogP contribution in [0.15, 0.2) is 132 Å². The quantitative estimate of drug-likeness (QED) is 0.108. The zero-order chi connectivity index (χ0) is 63.5. The molecule has 0 saturated carbocycles. The van der Waals surface area contributed by atoms with Gasteiger partial charge in [-0.15, -0.1) is 90.0 Å². The molecule has 9 aromatic rings. The Morgan fingerprint density at radius 2 is 1.22 bits per heavy atom. The fraction of sp³-hybridized carbons (Fsp3) is 0.207. The molecule has 0 atom stereocenters. The van der Waals surface area contributed by atoms with E-state index >= 15 is 0 Å². The van der Waals surface area contributed by atoms with Crippen molar-refractivity contribution < 1.29 is 56.0 Å². The molecule has 0 N–H and O–H groups in total. The van der Waals surface area contributed by atoms with E-state index in [1.807, 2.05) is 0 Å². The number of rotatable bonds is 13. The summed E-state index contributed by atoms with van der Waals surface area (Å²) in [6, 6.07) is 32.4. The van der Waals surface area contributed by atoms with Crippen LogP contribution in [0.25, 0.3) is 55.7 Å². The van der Waals surface area contributed by atoms with Gasteiger partial charge in [0.2, 0.25) is 0 Å². The SMILES string of the molecule is [2H]c1cc2c(oc3c(-c4cc(C([2H])(C)C)c(C([2H])([2H])C([2H])([2H])c5cc(C([2H])([2H])C([2H])([2H])c6cnc(-c7[c-]cccc7)cc6C([2H])([2H])[2H])cc(C([2H])([2H])C([2H])([2H])c6cnc(-c7[c-]cccc7)cc6C([2H])([2H])[2H])c5)cn4)[c-]ccc32)c(C([2H])([2H])[2H])c1C#N.[Ir+3]. The molecule has 5 nitrogen and oxygen atoms in total. The summed E-state index contributed by atoms with van der Waals surface area (Å²) < 4.78 is 215. The average Bonchev–Trinajstić information content (AvgIpc) is 1.52. The van der Waals surface area contributed by atoms with Gasteiger partial charge in [0, 0.05) is 59.7 Å². The van der Waals surface area contributed by atoms with Crippen molar-refractivity contribution in [2.24, 2.45) is 0 Å². The van der Waals surface area contributed by atoms with E-state index in [9.17, 15) is 23.1 Å². The molecular formula is C58H49IrN4O. The van der Waals surface area contributed by atoms with E-state index in [2.05, 4.69) is 33.2 Å². The first-order valence-electron chi connectivity index (χ1n) is 31.1. The second-order valence-corrected chi connectivity index (χ2v) is 14.5. The first kappa shape index (κ1) is 24.0. The van der Waals surface area contributed by atoms with Crippen molar-refractivity contribution in [1.82, 2.24) is 15.0 Å². The molecule has 0 radical (unpaired) electrons. The molecule has 0 fully saturated rings. The Labute approximate surface area is 423 Å². The Morgan fingerprint density at radius 1 is 0.656 bits per heavy atom. The molecule has 0 bridgehead atoms. The number of fused-ring (bicyclic) bond motifs is 3. The Hall–Kier alpha value is -6.51. The molecule has 6 heteroatoms. The van der Waals surface area contributed by atoms with E-state index in [0.717, 1.165) is 30.7 Å². The number of furan rings is 1. The number of aromatic nitrogens is 3. The van der Waals surface area contributed by atoms with Crippen LogP contribution in [0, 0.1) is 50.1 Å². The monoisotopic (exact) mass is 1030 g/mol. The van der Waals surface area contributed by atoms with E-state index in [0.29, 0.717) is 29.3 Å². The molecule has 0 aliphatic heterocycles. The molecule has 0 spiro atoms. The van der Waals surface area contributed by atoms with E-state index < -0.39 is 120 Å². The molecule has 0 unspecified atom stereocenters. The van der Waals surface area contributed by atoms with Crippen molar-refractivity contribution in [2.75, 3.05) is 0 Å². The molecule has 4 aromatic heterocycles. The minimum absolute atomic E-state index is 0. The van der Waals surface area contributed by atoms with Gasteiger partial charge < -0.3 is 19.4 Å². The van der Waals surface area contributed by atoms with Gasteiger partial charge in [0.25, 0.3) is 0 Å². The second-order valence-electron chi connectivity index (χ2n) is 14.5. The van der Waals surface area contributed by atoms with Gasteiger partial charge in [-0.3, -0.25) is 0 Å². The molecular weight excluding hydrogens is 961 g/mol. The van der Waals surface area contributed by atoms with Crippen molar-refractivity contribution in [2.45, 2.75) is 78.5 Å². The number of aryl methyl sites for hydroxylation is 9. The zero-order valence-corrected chi connectivity index (χ0v) is 36.5. The smallest absolute Gasteiger partial charge is 0.500 e. The van der Waals surface area contributed by atoms with Crippen LogP contribution in [0.5, 0.6) is 0 Å². The van der Waals surface area contributed by atoms with Gasteiger partial charge >= 0.3 is 20.1 Å². The minimum atomic E-state index is -3.58. The third-order valence-corrected chi connectivity index (χ3v) is 10.1. The van der Waals surface area contributed by atoms with Gasteiger partial charge in [-0.2, -0.15) is 5.26 Å². The summed E-state index contributed by atoms with van der Waals surface area (Å²) in [5.74, 6) is -1.84. The largest absolute Gasteiger partial charge is 3.00 e. The van der Waals surface area contributed by atoms with Crippen LogP contribution in [0.3, 0.4) is 0 Å².